The van der Waals surface area contributed by atoms with Crippen molar-refractivity contribution in [2.75, 3.05) is 11.5 Å². The minimum Gasteiger partial charge on any atom is -0.616 e. The summed E-state index contributed by atoms with van der Waals surface area (Å²) in [6, 6.07) is 0. The van der Waals surface area contributed by atoms with Crippen LogP contribution in [-0.4, -0.2) is 16.1 Å². The highest BCUT2D eigenvalue weighted by molar-refractivity contribution is 7.91. The van der Waals surface area contributed by atoms with Crippen LogP contribution >= 0.6 is 0 Å². The summed E-state index contributed by atoms with van der Waals surface area (Å²) in [5, 5.41) is 0. The van der Waals surface area contributed by atoms with Crippen molar-refractivity contribution in [1.29, 1.82) is 0 Å². The molecule has 0 saturated heterocycles. The molecule has 8 heavy (non-hydrogen) atoms. The Bertz CT molecular complexity index is 70.9. The molecule has 1 unspecified atom stereocenters. The van der Waals surface area contributed by atoms with Crippen LogP contribution in [-0.2, 0) is 11.2 Å². The highest BCUT2D eigenvalue weighted by atomic mass is 32.2. The second-order valence-corrected chi connectivity index (χ2v) is 4.13. The van der Waals surface area contributed by atoms with E-state index in [1.54, 1.807) is 0 Å². The van der Waals surface area contributed by atoms with Gasteiger partial charge in [-0.05, 0) is 19.8 Å². The van der Waals surface area contributed by atoms with Gasteiger partial charge in [0, 0.05) is 5.92 Å². The van der Waals surface area contributed by atoms with Crippen molar-refractivity contribution in [3.05, 3.63) is 0 Å². The number of hydrogen-bond donors (Lipinski definition) is 0. The van der Waals surface area contributed by atoms with Gasteiger partial charge in [-0.3, -0.25) is 0 Å². The van der Waals surface area contributed by atoms with E-state index in [1.807, 2.05) is 6.92 Å². The number of hydrogen-bond acceptors (Lipinski definition) is 1. The summed E-state index contributed by atoms with van der Waals surface area (Å²) in [4.78, 5) is 0. The molecule has 2 heteroatoms. The van der Waals surface area contributed by atoms with Gasteiger partial charge in [0.2, 0.25) is 0 Å². The lowest BCUT2D eigenvalue weighted by Crippen LogP contribution is -2.09. The van der Waals surface area contributed by atoms with Gasteiger partial charge in [0.1, 0.15) is 11.5 Å². The van der Waals surface area contributed by atoms with Gasteiger partial charge in [0.05, 0.1) is 0 Å². The lowest BCUT2D eigenvalue weighted by Gasteiger charge is -2.05. The third-order valence-electron chi connectivity index (χ3n) is 1.44. The van der Waals surface area contributed by atoms with Crippen LogP contribution in [0.3, 0.4) is 0 Å². The van der Waals surface area contributed by atoms with Gasteiger partial charge in [-0.2, -0.15) is 0 Å². The molecule has 1 rings (SSSR count). The minimum absolute atomic E-state index is 0.495. The van der Waals surface area contributed by atoms with E-state index in [9.17, 15) is 4.55 Å². The molecule has 1 atom stereocenters. The molecule has 0 radical (unpaired) electrons. The molecular formula is C6H12OS. The molecule has 48 valence electrons. The Morgan fingerprint density at radius 1 is 1.62 bits per heavy atom. The topological polar surface area (TPSA) is 23.1 Å². The maximum Gasteiger partial charge on any atom is 0.108 e. The first kappa shape index (κ1) is 6.43. The van der Waals surface area contributed by atoms with Crippen molar-refractivity contribution in [2.24, 2.45) is 5.92 Å². The molecule has 0 aromatic heterocycles. The van der Waals surface area contributed by atoms with E-state index in [0.29, 0.717) is 0 Å². The van der Waals surface area contributed by atoms with Gasteiger partial charge < -0.3 is 4.55 Å². The summed E-state index contributed by atoms with van der Waals surface area (Å²) < 4.78 is 10.8. The molecule has 0 heterocycles. The fraction of sp³-hybridized carbons (Fsp3) is 1.00. The molecule has 0 amide bonds. The standard InChI is InChI=1S/C6H12OS/c1-2-8(7)5-6-3-4-6/h6H,2-5H2,1H3. The normalized spacial score (nSPS) is 23.2. The molecule has 0 bridgehead atoms. The van der Waals surface area contributed by atoms with E-state index < -0.39 is 11.2 Å². The van der Waals surface area contributed by atoms with Crippen LogP contribution in [0, 0.1) is 5.92 Å². The van der Waals surface area contributed by atoms with Crippen molar-refractivity contribution in [3.8, 4) is 0 Å². The SMILES string of the molecule is CC[S+]([O-])CC1CC1. The van der Waals surface area contributed by atoms with Crippen LogP contribution in [0.4, 0.5) is 0 Å². The summed E-state index contributed by atoms with van der Waals surface area (Å²) in [5.41, 5.74) is 0. The molecule has 0 N–H and O–H groups in total. The van der Waals surface area contributed by atoms with E-state index in [-0.39, 0.29) is 0 Å². The van der Waals surface area contributed by atoms with Crippen molar-refractivity contribution < 1.29 is 4.55 Å². The van der Waals surface area contributed by atoms with Crippen molar-refractivity contribution in [2.45, 2.75) is 19.8 Å². The Morgan fingerprint density at radius 2 is 2.25 bits per heavy atom. The van der Waals surface area contributed by atoms with Gasteiger partial charge in [0.25, 0.3) is 0 Å². The summed E-state index contributed by atoms with van der Waals surface area (Å²) in [7, 11) is 0. The van der Waals surface area contributed by atoms with E-state index >= 15 is 0 Å². The predicted octanol–water partition coefficient (Wildman–Crippen LogP) is 1.17. The van der Waals surface area contributed by atoms with Crippen LogP contribution in [0.15, 0.2) is 0 Å². The van der Waals surface area contributed by atoms with Crippen molar-refractivity contribution in [1.82, 2.24) is 0 Å². The lowest BCUT2D eigenvalue weighted by atomic mass is 10.5. The number of rotatable bonds is 3. The Balaban J connectivity index is 1.98. The molecule has 1 aliphatic rings. The highest BCUT2D eigenvalue weighted by Gasteiger charge is 2.25. The second kappa shape index (κ2) is 2.74. The lowest BCUT2D eigenvalue weighted by molar-refractivity contribution is 0.592. The van der Waals surface area contributed by atoms with Crippen LogP contribution in [0.1, 0.15) is 19.8 Å². The van der Waals surface area contributed by atoms with Crippen molar-refractivity contribution in [3.63, 3.8) is 0 Å². The van der Waals surface area contributed by atoms with Crippen LogP contribution in [0.5, 0.6) is 0 Å². The van der Waals surface area contributed by atoms with E-state index in [4.69, 9.17) is 0 Å². The van der Waals surface area contributed by atoms with E-state index in [1.165, 1.54) is 12.8 Å². The zero-order valence-corrected chi connectivity index (χ0v) is 6.04. The molecule has 0 aromatic rings. The zero-order valence-electron chi connectivity index (χ0n) is 5.22. The Kier molecular flexibility index (Phi) is 2.20. The first-order valence-electron chi connectivity index (χ1n) is 3.18. The van der Waals surface area contributed by atoms with Gasteiger partial charge in [-0.15, -0.1) is 0 Å². The summed E-state index contributed by atoms with van der Waals surface area (Å²) in [6.45, 7) is 1.98. The maximum absolute atomic E-state index is 10.8. The molecule has 1 nitrogen and oxygen atoms in total. The Labute approximate surface area is 53.7 Å². The largest absolute Gasteiger partial charge is 0.616 e. The predicted molar refractivity (Wildman–Crippen MR) is 36.3 cm³/mol. The molecule has 1 fully saturated rings. The summed E-state index contributed by atoms with van der Waals surface area (Å²) in [5.74, 6) is 2.64. The van der Waals surface area contributed by atoms with Crippen molar-refractivity contribution >= 4 is 11.2 Å². The monoisotopic (exact) mass is 132 g/mol. The fourth-order valence-electron chi connectivity index (χ4n) is 0.665. The quantitative estimate of drug-likeness (QED) is 0.528. The van der Waals surface area contributed by atoms with Gasteiger partial charge in [0.15, 0.2) is 0 Å². The Morgan fingerprint density at radius 3 is 2.62 bits per heavy atom. The van der Waals surface area contributed by atoms with E-state index in [0.717, 1.165) is 17.4 Å². The zero-order chi connectivity index (χ0) is 5.98. The molecule has 1 aliphatic carbocycles. The fourth-order valence-corrected chi connectivity index (χ4v) is 1.76. The minimum atomic E-state index is -0.495. The van der Waals surface area contributed by atoms with Gasteiger partial charge >= 0.3 is 0 Å². The van der Waals surface area contributed by atoms with Crippen LogP contribution in [0.25, 0.3) is 0 Å². The smallest absolute Gasteiger partial charge is 0.108 e. The first-order chi connectivity index (χ1) is 3.83. The molecular weight excluding hydrogens is 120 g/mol. The third kappa shape index (κ3) is 2.05. The molecule has 0 aliphatic heterocycles. The summed E-state index contributed by atoms with van der Waals surface area (Å²) >= 11 is -0.495. The average Bonchev–Trinajstić information content (AvgIpc) is 2.50. The third-order valence-corrected chi connectivity index (χ3v) is 2.93. The van der Waals surface area contributed by atoms with Crippen LogP contribution in [0.2, 0.25) is 0 Å². The highest BCUT2D eigenvalue weighted by Crippen LogP contribution is 2.30. The second-order valence-electron chi connectivity index (χ2n) is 2.34. The Hall–Kier alpha value is 0.310. The van der Waals surface area contributed by atoms with Gasteiger partial charge in [-0.1, -0.05) is 11.2 Å². The summed E-state index contributed by atoms with van der Waals surface area (Å²) in [6.07, 6.45) is 2.65. The average molecular weight is 132 g/mol. The molecule has 1 saturated carbocycles. The maximum atomic E-state index is 10.8. The first-order valence-corrected chi connectivity index (χ1v) is 4.66. The van der Waals surface area contributed by atoms with Crippen LogP contribution < -0.4 is 0 Å². The van der Waals surface area contributed by atoms with Gasteiger partial charge in [-0.25, -0.2) is 0 Å². The molecule has 0 spiro atoms. The van der Waals surface area contributed by atoms with E-state index in [2.05, 4.69) is 0 Å². The molecule has 0 aromatic carbocycles.